The summed E-state index contributed by atoms with van der Waals surface area (Å²) in [5.41, 5.74) is 0.305. The third-order valence-corrected chi connectivity index (χ3v) is 2.83. The maximum Gasteiger partial charge on any atom is 0.271 e. The molecule has 2 rings (SSSR count). The van der Waals surface area contributed by atoms with Crippen LogP contribution in [0.25, 0.3) is 0 Å². The van der Waals surface area contributed by atoms with Crippen molar-refractivity contribution in [2.45, 2.75) is 32.2 Å². The summed E-state index contributed by atoms with van der Waals surface area (Å²) in [7, 11) is 0. The molecule has 0 aliphatic heterocycles. The predicted molar refractivity (Wildman–Crippen MR) is 68.5 cm³/mol. The molecule has 0 unspecified atom stereocenters. The average molecular weight is 254 g/mol. The van der Waals surface area contributed by atoms with Gasteiger partial charge in [0.2, 0.25) is 0 Å². The Hall–Kier alpha value is -1.29. The van der Waals surface area contributed by atoms with Crippen LogP contribution >= 0.6 is 11.6 Å². The van der Waals surface area contributed by atoms with Gasteiger partial charge in [0, 0.05) is 12.6 Å². The summed E-state index contributed by atoms with van der Waals surface area (Å²) in [5.74, 6) is 0.509. The molecule has 1 aromatic rings. The van der Waals surface area contributed by atoms with Crippen molar-refractivity contribution >= 4 is 23.3 Å². The van der Waals surface area contributed by atoms with E-state index in [9.17, 15) is 4.79 Å². The summed E-state index contributed by atoms with van der Waals surface area (Å²) in [6.45, 7) is 2.90. The zero-order valence-electron chi connectivity index (χ0n) is 9.79. The van der Waals surface area contributed by atoms with Gasteiger partial charge in [0.15, 0.2) is 0 Å². The number of carbonyl (C=O) groups is 1. The van der Waals surface area contributed by atoms with E-state index >= 15 is 0 Å². The topological polar surface area (TPSA) is 54.0 Å². The van der Waals surface area contributed by atoms with Gasteiger partial charge in [0.1, 0.15) is 11.5 Å². The van der Waals surface area contributed by atoms with Gasteiger partial charge >= 0.3 is 0 Å². The SMILES string of the molecule is CCCNc1ccc(Cl)c(C(=O)NC2CC2)n1. The lowest BCUT2D eigenvalue weighted by Gasteiger charge is -2.08. The molecule has 1 aliphatic rings. The van der Waals surface area contributed by atoms with E-state index in [2.05, 4.69) is 22.5 Å². The van der Waals surface area contributed by atoms with Crippen molar-refractivity contribution < 1.29 is 4.79 Å². The molecule has 0 atom stereocenters. The van der Waals surface area contributed by atoms with Gasteiger partial charge < -0.3 is 10.6 Å². The lowest BCUT2D eigenvalue weighted by Crippen LogP contribution is -2.26. The van der Waals surface area contributed by atoms with Gasteiger partial charge in [0.05, 0.1) is 5.02 Å². The molecule has 5 heteroatoms. The Morgan fingerprint density at radius 3 is 2.94 bits per heavy atom. The van der Waals surface area contributed by atoms with Crippen LogP contribution in [0.5, 0.6) is 0 Å². The summed E-state index contributed by atoms with van der Waals surface area (Å²) in [4.78, 5) is 16.1. The minimum atomic E-state index is -0.183. The second-order valence-corrected chi connectivity index (χ2v) is 4.61. The van der Waals surface area contributed by atoms with Crippen molar-refractivity contribution in [1.29, 1.82) is 0 Å². The Kier molecular flexibility index (Phi) is 3.84. The first kappa shape index (κ1) is 12.2. The molecule has 0 bridgehead atoms. The van der Waals surface area contributed by atoms with E-state index in [1.165, 1.54) is 0 Å². The third-order valence-electron chi connectivity index (χ3n) is 2.53. The van der Waals surface area contributed by atoms with Crippen molar-refractivity contribution in [3.05, 3.63) is 22.8 Å². The fraction of sp³-hybridized carbons (Fsp3) is 0.500. The summed E-state index contributed by atoms with van der Waals surface area (Å²) in [6, 6.07) is 3.80. The molecule has 1 fully saturated rings. The predicted octanol–water partition coefficient (Wildman–Crippen LogP) is 2.45. The molecule has 1 aliphatic carbocycles. The summed E-state index contributed by atoms with van der Waals surface area (Å²) < 4.78 is 0. The van der Waals surface area contributed by atoms with Gasteiger partial charge in [-0.2, -0.15) is 0 Å². The van der Waals surface area contributed by atoms with Crippen LogP contribution in [0.15, 0.2) is 12.1 Å². The highest BCUT2D eigenvalue weighted by Gasteiger charge is 2.25. The molecule has 17 heavy (non-hydrogen) atoms. The van der Waals surface area contributed by atoms with Crippen LogP contribution in [0.3, 0.4) is 0 Å². The largest absolute Gasteiger partial charge is 0.370 e. The van der Waals surface area contributed by atoms with E-state index in [-0.39, 0.29) is 5.91 Å². The van der Waals surface area contributed by atoms with Crippen molar-refractivity contribution in [2.75, 3.05) is 11.9 Å². The van der Waals surface area contributed by atoms with E-state index in [0.717, 1.165) is 25.8 Å². The first-order valence-corrected chi connectivity index (χ1v) is 6.29. The number of anilines is 1. The summed E-state index contributed by atoms with van der Waals surface area (Å²) in [6.07, 6.45) is 3.11. The zero-order valence-corrected chi connectivity index (χ0v) is 10.5. The monoisotopic (exact) mass is 253 g/mol. The second-order valence-electron chi connectivity index (χ2n) is 4.20. The standard InChI is InChI=1S/C12H16ClN3O/c1-2-7-14-10-6-5-9(13)11(16-10)12(17)15-8-3-4-8/h5-6,8H,2-4,7H2,1H3,(H,14,16)(H,15,17). The van der Waals surface area contributed by atoms with E-state index < -0.39 is 0 Å². The van der Waals surface area contributed by atoms with E-state index in [4.69, 9.17) is 11.6 Å². The number of amides is 1. The van der Waals surface area contributed by atoms with Crippen molar-refractivity contribution in [3.63, 3.8) is 0 Å². The maximum atomic E-state index is 11.9. The van der Waals surface area contributed by atoms with Gasteiger partial charge in [-0.05, 0) is 31.4 Å². The zero-order chi connectivity index (χ0) is 12.3. The Morgan fingerprint density at radius 2 is 2.29 bits per heavy atom. The fourth-order valence-electron chi connectivity index (χ4n) is 1.43. The number of halogens is 1. The molecular formula is C12H16ClN3O. The fourth-order valence-corrected chi connectivity index (χ4v) is 1.63. The molecule has 2 N–H and O–H groups in total. The van der Waals surface area contributed by atoms with Gasteiger partial charge in [0.25, 0.3) is 5.91 Å². The first-order valence-electron chi connectivity index (χ1n) is 5.92. The van der Waals surface area contributed by atoms with Crippen LogP contribution in [0.4, 0.5) is 5.82 Å². The first-order chi connectivity index (χ1) is 8.20. The summed E-state index contributed by atoms with van der Waals surface area (Å²) in [5, 5.41) is 6.41. The van der Waals surface area contributed by atoms with Crippen LogP contribution in [0.2, 0.25) is 5.02 Å². The molecule has 0 aromatic carbocycles. The molecule has 4 nitrogen and oxygen atoms in total. The van der Waals surface area contributed by atoms with E-state index in [0.29, 0.717) is 22.6 Å². The number of hydrogen-bond donors (Lipinski definition) is 2. The quantitative estimate of drug-likeness (QED) is 0.848. The van der Waals surface area contributed by atoms with Crippen LogP contribution in [0, 0.1) is 0 Å². The van der Waals surface area contributed by atoms with Crippen LogP contribution in [-0.2, 0) is 0 Å². The molecule has 0 radical (unpaired) electrons. The Balaban J connectivity index is 2.09. The van der Waals surface area contributed by atoms with Gasteiger partial charge in [-0.15, -0.1) is 0 Å². The molecule has 1 amide bonds. The van der Waals surface area contributed by atoms with Crippen molar-refractivity contribution in [1.82, 2.24) is 10.3 Å². The minimum Gasteiger partial charge on any atom is -0.370 e. The lowest BCUT2D eigenvalue weighted by molar-refractivity contribution is 0.0946. The third kappa shape index (κ3) is 3.33. The van der Waals surface area contributed by atoms with Gasteiger partial charge in [-0.25, -0.2) is 4.98 Å². The molecule has 1 aromatic heterocycles. The molecule has 0 saturated heterocycles. The number of hydrogen-bond acceptors (Lipinski definition) is 3. The highest BCUT2D eigenvalue weighted by atomic mass is 35.5. The number of pyridine rings is 1. The van der Waals surface area contributed by atoms with Gasteiger partial charge in [-0.1, -0.05) is 18.5 Å². The Bertz CT molecular complexity index is 418. The minimum absolute atomic E-state index is 0.183. The molecule has 1 saturated carbocycles. The number of nitrogens with one attached hydrogen (secondary N) is 2. The average Bonchev–Trinajstić information content (AvgIpc) is 3.11. The number of aromatic nitrogens is 1. The van der Waals surface area contributed by atoms with Gasteiger partial charge in [-0.3, -0.25) is 4.79 Å². The Morgan fingerprint density at radius 1 is 1.53 bits per heavy atom. The van der Waals surface area contributed by atoms with Crippen LogP contribution in [0.1, 0.15) is 36.7 Å². The molecule has 92 valence electrons. The Labute approximate surface area is 106 Å². The smallest absolute Gasteiger partial charge is 0.271 e. The molecular weight excluding hydrogens is 238 g/mol. The second kappa shape index (κ2) is 5.36. The van der Waals surface area contributed by atoms with E-state index in [1.54, 1.807) is 12.1 Å². The van der Waals surface area contributed by atoms with Crippen LogP contribution < -0.4 is 10.6 Å². The lowest BCUT2D eigenvalue weighted by atomic mass is 10.3. The number of carbonyl (C=O) groups excluding carboxylic acids is 1. The summed E-state index contributed by atoms with van der Waals surface area (Å²) >= 11 is 5.98. The number of nitrogens with zero attached hydrogens (tertiary/aromatic N) is 1. The highest BCUT2D eigenvalue weighted by molar-refractivity contribution is 6.33. The normalized spacial score (nSPS) is 14.5. The van der Waals surface area contributed by atoms with Crippen molar-refractivity contribution in [2.24, 2.45) is 0 Å². The molecule has 1 heterocycles. The van der Waals surface area contributed by atoms with E-state index in [1.807, 2.05) is 0 Å². The highest BCUT2D eigenvalue weighted by Crippen LogP contribution is 2.21. The maximum absolute atomic E-state index is 11.9. The number of rotatable bonds is 5. The van der Waals surface area contributed by atoms with Crippen molar-refractivity contribution in [3.8, 4) is 0 Å². The molecule has 0 spiro atoms. The van der Waals surface area contributed by atoms with Crippen LogP contribution in [-0.4, -0.2) is 23.5 Å².